The Kier molecular flexibility index (Phi) is 5.36. The average molecular weight is 364 g/mol. The Labute approximate surface area is 157 Å². The van der Waals surface area contributed by atoms with E-state index in [1.807, 2.05) is 11.0 Å². The summed E-state index contributed by atoms with van der Waals surface area (Å²) < 4.78 is 0. The highest BCUT2D eigenvalue weighted by Crippen LogP contribution is 2.32. The van der Waals surface area contributed by atoms with Crippen molar-refractivity contribution in [1.82, 2.24) is 0 Å². The second-order valence-electron chi connectivity index (χ2n) is 6.80. The van der Waals surface area contributed by atoms with E-state index in [1.54, 1.807) is 36.4 Å². The summed E-state index contributed by atoms with van der Waals surface area (Å²) >= 11 is 0. The topological polar surface area (TPSA) is 99.3 Å². The van der Waals surface area contributed by atoms with Crippen LogP contribution in [-0.2, 0) is 0 Å². The Morgan fingerprint density at radius 2 is 2.15 bits per heavy atom. The molecule has 0 radical (unpaired) electrons. The molecule has 0 aromatic heterocycles. The Bertz CT molecular complexity index is 920. The summed E-state index contributed by atoms with van der Waals surface area (Å²) in [5, 5.41) is 23.2. The van der Waals surface area contributed by atoms with E-state index in [9.17, 15) is 14.9 Å². The van der Waals surface area contributed by atoms with E-state index in [0.717, 1.165) is 25.9 Å². The van der Waals surface area contributed by atoms with E-state index < -0.39 is 10.8 Å². The summed E-state index contributed by atoms with van der Waals surface area (Å²) in [6.45, 7) is 3.68. The van der Waals surface area contributed by atoms with Gasteiger partial charge in [0.1, 0.15) is 5.69 Å². The second kappa shape index (κ2) is 7.87. The van der Waals surface area contributed by atoms with Crippen LogP contribution >= 0.6 is 0 Å². The summed E-state index contributed by atoms with van der Waals surface area (Å²) in [6.07, 6.45) is 2.11. The number of rotatable bonds is 4. The number of nitro benzene ring substituents is 1. The van der Waals surface area contributed by atoms with Gasteiger partial charge in [-0.05, 0) is 49.1 Å². The van der Waals surface area contributed by atoms with Gasteiger partial charge in [0.2, 0.25) is 0 Å². The van der Waals surface area contributed by atoms with Crippen molar-refractivity contribution in [2.45, 2.75) is 19.8 Å². The Hall–Kier alpha value is -3.40. The summed E-state index contributed by atoms with van der Waals surface area (Å²) in [5.74, 6) is 0.0282. The van der Waals surface area contributed by atoms with Crippen LogP contribution in [0.2, 0.25) is 0 Å². The summed E-state index contributed by atoms with van der Waals surface area (Å²) in [4.78, 5) is 25.6. The molecule has 0 saturated carbocycles. The molecule has 0 bridgehead atoms. The van der Waals surface area contributed by atoms with Crippen molar-refractivity contribution in [3.05, 3.63) is 63.7 Å². The maximum absolute atomic E-state index is 12.5. The van der Waals surface area contributed by atoms with E-state index in [1.165, 1.54) is 6.07 Å². The lowest BCUT2D eigenvalue weighted by atomic mass is 9.99. The highest BCUT2D eigenvalue weighted by molar-refractivity contribution is 6.05. The first kappa shape index (κ1) is 18.4. The largest absolute Gasteiger partial charge is 0.366 e. The number of carbonyl (C=O) groups is 1. The van der Waals surface area contributed by atoms with E-state index in [-0.39, 0.29) is 11.3 Å². The van der Waals surface area contributed by atoms with Gasteiger partial charge in [-0.3, -0.25) is 14.9 Å². The number of amides is 1. The number of piperidine rings is 1. The first-order valence-electron chi connectivity index (χ1n) is 8.83. The molecular weight excluding hydrogens is 344 g/mol. The number of benzene rings is 2. The van der Waals surface area contributed by atoms with E-state index in [0.29, 0.717) is 22.9 Å². The van der Waals surface area contributed by atoms with E-state index >= 15 is 0 Å². The molecule has 1 fully saturated rings. The number of nitro groups is 1. The zero-order chi connectivity index (χ0) is 19.4. The Balaban J connectivity index is 1.86. The van der Waals surface area contributed by atoms with Crippen LogP contribution in [0, 0.1) is 27.4 Å². The number of hydrogen-bond donors (Lipinski definition) is 1. The van der Waals surface area contributed by atoms with Crippen molar-refractivity contribution in [3.63, 3.8) is 0 Å². The number of hydrogen-bond acceptors (Lipinski definition) is 5. The van der Waals surface area contributed by atoms with Gasteiger partial charge in [-0.1, -0.05) is 13.0 Å². The third-order valence-electron chi connectivity index (χ3n) is 4.68. The third kappa shape index (κ3) is 4.23. The second-order valence-corrected chi connectivity index (χ2v) is 6.80. The normalized spacial score (nSPS) is 16.4. The monoisotopic (exact) mass is 364 g/mol. The van der Waals surface area contributed by atoms with Crippen molar-refractivity contribution in [3.8, 4) is 6.07 Å². The van der Waals surface area contributed by atoms with Crippen LogP contribution in [0.15, 0.2) is 42.5 Å². The summed E-state index contributed by atoms with van der Waals surface area (Å²) in [6, 6.07) is 13.1. The van der Waals surface area contributed by atoms with Gasteiger partial charge >= 0.3 is 0 Å². The highest BCUT2D eigenvalue weighted by Gasteiger charge is 2.25. The van der Waals surface area contributed by atoms with Gasteiger partial charge in [0.25, 0.3) is 11.6 Å². The fourth-order valence-electron chi connectivity index (χ4n) is 3.36. The van der Waals surface area contributed by atoms with Gasteiger partial charge in [0.15, 0.2) is 0 Å². The Morgan fingerprint density at radius 3 is 2.85 bits per heavy atom. The van der Waals surface area contributed by atoms with Crippen molar-refractivity contribution in [2.24, 2.45) is 5.92 Å². The molecule has 1 saturated heterocycles. The molecule has 7 nitrogen and oxygen atoms in total. The van der Waals surface area contributed by atoms with Crippen LogP contribution < -0.4 is 10.2 Å². The van der Waals surface area contributed by atoms with Gasteiger partial charge in [0.05, 0.1) is 16.6 Å². The molecule has 1 aliphatic rings. The lowest BCUT2D eigenvalue weighted by molar-refractivity contribution is -0.384. The average Bonchev–Trinajstić information content (AvgIpc) is 2.67. The van der Waals surface area contributed by atoms with Crippen molar-refractivity contribution in [2.75, 3.05) is 23.3 Å². The number of anilines is 2. The van der Waals surface area contributed by atoms with Crippen LogP contribution in [-0.4, -0.2) is 23.9 Å². The molecule has 1 amide bonds. The van der Waals surface area contributed by atoms with Gasteiger partial charge in [-0.15, -0.1) is 0 Å². The number of nitrogens with one attached hydrogen (secondary N) is 1. The Morgan fingerprint density at radius 1 is 1.33 bits per heavy atom. The molecule has 2 aromatic carbocycles. The lowest BCUT2D eigenvalue weighted by Crippen LogP contribution is -2.34. The fourth-order valence-corrected chi connectivity index (χ4v) is 3.36. The highest BCUT2D eigenvalue weighted by atomic mass is 16.6. The number of carbonyl (C=O) groups excluding carboxylic acids is 1. The third-order valence-corrected chi connectivity index (χ3v) is 4.68. The molecule has 7 heteroatoms. The molecule has 2 aromatic rings. The fraction of sp³-hybridized carbons (Fsp3) is 0.300. The minimum atomic E-state index is -0.452. The van der Waals surface area contributed by atoms with E-state index in [2.05, 4.69) is 12.2 Å². The number of nitriles is 1. The van der Waals surface area contributed by atoms with Gasteiger partial charge in [-0.2, -0.15) is 5.26 Å². The lowest BCUT2D eigenvalue weighted by Gasteiger charge is -2.32. The molecule has 1 aliphatic heterocycles. The maximum Gasteiger partial charge on any atom is 0.293 e. The predicted molar refractivity (Wildman–Crippen MR) is 103 cm³/mol. The minimum Gasteiger partial charge on any atom is -0.366 e. The molecule has 0 spiro atoms. The van der Waals surface area contributed by atoms with Crippen LogP contribution in [0.5, 0.6) is 0 Å². The molecule has 1 atom stereocenters. The molecule has 27 heavy (non-hydrogen) atoms. The SMILES string of the molecule is C[C@H]1CCCN(c2ccc(C(=O)Nc3cccc(C#N)c3)cc2[N+](=O)[O-])C1. The van der Waals surface area contributed by atoms with Crippen molar-refractivity contribution in [1.29, 1.82) is 5.26 Å². The van der Waals surface area contributed by atoms with Crippen LogP contribution in [0.4, 0.5) is 17.1 Å². The number of nitrogens with zero attached hydrogens (tertiary/aromatic N) is 3. The molecule has 0 unspecified atom stereocenters. The molecule has 138 valence electrons. The van der Waals surface area contributed by atoms with Gasteiger partial charge in [0, 0.05) is 30.4 Å². The molecular formula is C20H20N4O3. The van der Waals surface area contributed by atoms with Crippen molar-refractivity contribution >= 4 is 23.0 Å². The first-order valence-corrected chi connectivity index (χ1v) is 8.83. The summed E-state index contributed by atoms with van der Waals surface area (Å²) in [7, 11) is 0. The quantitative estimate of drug-likeness (QED) is 0.654. The van der Waals surface area contributed by atoms with Crippen LogP contribution in [0.1, 0.15) is 35.7 Å². The van der Waals surface area contributed by atoms with E-state index in [4.69, 9.17) is 5.26 Å². The zero-order valence-electron chi connectivity index (χ0n) is 15.0. The smallest absolute Gasteiger partial charge is 0.293 e. The van der Waals surface area contributed by atoms with Crippen LogP contribution in [0.3, 0.4) is 0 Å². The minimum absolute atomic E-state index is 0.0671. The molecule has 1 heterocycles. The van der Waals surface area contributed by atoms with Crippen molar-refractivity contribution < 1.29 is 9.72 Å². The first-order chi connectivity index (χ1) is 13.0. The standard InChI is InChI=1S/C20H20N4O3/c1-14-4-3-9-23(13-14)18-8-7-16(11-19(18)24(26)27)20(25)22-17-6-2-5-15(10-17)12-21/h2,5-8,10-11,14H,3-4,9,13H2,1H3,(H,22,25)/t14-/m0/s1. The molecule has 1 N–H and O–H groups in total. The van der Waals surface area contributed by atoms with Crippen LogP contribution in [0.25, 0.3) is 0 Å². The maximum atomic E-state index is 12.5. The zero-order valence-corrected chi connectivity index (χ0v) is 15.0. The van der Waals surface area contributed by atoms with Gasteiger partial charge < -0.3 is 10.2 Å². The molecule has 0 aliphatic carbocycles. The van der Waals surface area contributed by atoms with Gasteiger partial charge in [-0.25, -0.2) is 0 Å². The predicted octanol–water partition coefficient (Wildman–Crippen LogP) is 3.96. The summed E-state index contributed by atoms with van der Waals surface area (Å²) in [5.41, 5.74) is 1.58. The molecule has 3 rings (SSSR count).